The van der Waals surface area contributed by atoms with Crippen LogP contribution < -0.4 is 19.1 Å². The minimum Gasteiger partial charge on any atom is -0.497 e. The number of sulfonamides is 1. The highest BCUT2D eigenvalue weighted by molar-refractivity contribution is 7.92. The predicted molar refractivity (Wildman–Crippen MR) is 161 cm³/mol. The minimum atomic E-state index is -3.98. The number of nitrogens with one attached hydrogen (secondary N) is 1. The Balaban J connectivity index is 2.11. The van der Waals surface area contributed by atoms with Gasteiger partial charge in [-0.3, -0.25) is 13.9 Å². The predicted octanol–water partition coefficient (Wildman–Crippen LogP) is 4.29. The average molecular weight is 602 g/mol. The lowest BCUT2D eigenvalue weighted by Crippen LogP contribution is -2.54. The van der Waals surface area contributed by atoms with Crippen molar-refractivity contribution in [1.82, 2.24) is 10.2 Å². The maximum absolute atomic E-state index is 14.2. The SMILES string of the molecule is COc1ccc(OC)c(N(CC(=O)N(Cc2cccc(Cl)c2)C(Cc2ccccc2)C(=O)NC(C)C)S(C)(=O)=O)c1. The number of benzene rings is 3. The van der Waals surface area contributed by atoms with Crippen LogP contribution in [0.25, 0.3) is 0 Å². The van der Waals surface area contributed by atoms with Crippen LogP contribution >= 0.6 is 11.6 Å². The van der Waals surface area contributed by atoms with Crippen LogP contribution in [0.1, 0.15) is 25.0 Å². The fourth-order valence-corrected chi connectivity index (χ4v) is 5.41. The highest BCUT2D eigenvalue weighted by atomic mass is 35.5. The van der Waals surface area contributed by atoms with E-state index in [0.29, 0.717) is 16.3 Å². The second kappa shape index (κ2) is 14.2. The summed E-state index contributed by atoms with van der Waals surface area (Å²) in [6, 6.07) is 19.9. The summed E-state index contributed by atoms with van der Waals surface area (Å²) in [5.41, 5.74) is 1.66. The molecule has 0 fully saturated rings. The molecule has 0 radical (unpaired) electrons. The second-order valence-electron chi connectivity index (χ2n) is 9.83. The Labute approximate surface area is 247 Å². The van der Waals surface area contributed by atoms with Gasteiger partial charge in [-0.15, -0.1) is 0 Å². The number of rotatable bonds is 13. The maximum atomic E-state index is 14.2. The number of methoxy groups -OCH3 is 2. The Bertz CT molecular complexity index is 1450. The van der Waals surface area contributed by atoms with Gasteiger partial charge in [-0.05, 0) is 49.2 Å². The lowest BCUT2D eigenvalue weighted by atomic mass is 10.0. The number of carbonyl (C=O) groups is 2. The molecule has 3 aromatic rings. The average Bonchev–Trinajstić information content (AvgIpc) is 2.92. The summed E-state index contributed by atoms with van der Waals surface area (Å²) < 4.78 is 37.8. The Kier molecular flexibility index (Phi) is 11.0. The van der Waals surface area contributed by atoms with Gasteiger partial charge in [0.1, 0.15) is 24.1 Å². The molecule has 3 aromatic carbocycles. The lowest BCUT2D eigenvalue weighted by molar-refractivity contribution is -0.140. The molecule has 9 nitrogen and oxygen atoms in total. The third-order valence-corrected chi connectivity index (χ3v) is 7.64. The maximum Gasteiger partial charge on any atom is 0.244 e. The molecule has 0 aromatic heterocycles. The quantitative estimate of drug-likeness (QED) is 0.313. The molecule has 0 aliphatic heterocycles. The van der Waals surface area contributed by atoms with Gasteiger partial charge in [0.15, 0.2) is 0 Å². The molecule has 0 spiro atoms. The van der Waals surface area contributed by atoms with Crippen LogP contribution in [-0.4, -0.2) is 64.2 Å². The van der Waals surface area contributed by atoms with E-state index < -0.39 is 28.5 Å². The van der Waals surface area contributed by atoms with Crippen LogP contribution in [0.2, 0.25) is 5.02 Å². The van der Waals surface area contributed by atoms with Crippen molar-refractivity contribution in [3.63, 3.8) is 0 Å². The Morgan fingerprint density at radius 3 is 2.20 bits per heavy atom. The van der Waals surface area contributed by atoms with E-state index in [1.54, 1.807) is 36.4 Å². The van der Waals surface area contributed by atoms with Crippen LogP contribution in [0.15, 0.2) is 72.8 Å². The second-order valence-corrected chi connectivity index (χ2v) is 12.2. The molecule has 0 bridgehead atoms. The van der Waals surface area contributed by atoms with E-state index in [-0.39, 0.29) is 36.4 Å². The van der Waals surface area contributed by atoms with E-state index >= 15 is 0 Å². The molecule has 0 heterocycles. The van der Waals surface area contributed by atoms with E-state index in [2.05, 4.69) is 5.32 Å². The molecule has 1 unspecified atom stereocenters. The smallest absolute Gasteiger partial charge is 0.244 e. The zero-order valence-corrected chi connectivity index (χ0v) is 25.4. The number of halogens is 1. The molecule has 1 atom stereocenters. The van der Waals surface area contributed by atoms with Crippen molar-refractivity contribution < 1.29 is 27.5 Å². The van der Waals surface area contributed by atoms with Gasteiger partial charge in [-0.2, -0.15) is 0 Å². The van der Waals surface area contributed by atoms with E-state index in [0.717, 1.165) is 16.1 Å². The van der Waals surface area contributed by atoms with Crippen LogP contribution in [0, 0.1) is 0 Å². The van der Waals surface area contributed by atoms with Crippen molar-refractivity contribution in [2.45, 2.75) is 38.9 Å². The topological polar surface area (TPSA) is 105 Å². The molecule has 0 aliphatic carbocycles. The summed E-state index contributed by atoms with van der Waals surface area (Å²) in [7, 11) is -1.12. The van der Waals surface area contributed by atoms with Crippen molar-refractivity contribution in [3.8, 4) is 11.5 Å². The monoisotopic (exact) mass is 601 g/mol. The van der Waals surface area contributed by atoms with E-state index in [1.807, 2.05) is 44.2 Å². The Hall–Kier alpha value is -3.76. The summed E-state index contributed by atoms with van der Waals surface area (Å²) in [5, 5.41) is 3.39. The Morgan fingerprint density at radius 1 is 0.927 bits per heavy atom. The van der Waals surface area contributed by atoms with Gasteiger partial charge in [0.25, 0.3) is 0 Å². The van der Waals surface area contributed by atoms with Gasteiger partial charge in [-0.25, -0.2) is 8.42 Å². The van der Waals surface area contributed by atoms with Crippen molar-refractivity contribution in [3.05, 3.63) is 88.9 Å². The lowest BCUT2D eigenvalue weighted by Gasteiger charge is -2.34. The summed E-state index contributed by atoms with van der Waals surface area (Å²) in [6.07, 6.45) is 1.22. The molecule has 1 N–H and O–H groups in total. The first kappa shape index (κ1) is 31.8. The largest absolute Gasteiger partial charge is 0.497 e. The molecule has 0 aliphatic rings. The molecule has 11 heteroatoms. The van der Waals surface area contributed by atoms with Crippen LogP contribution in [0.3, 0.4) is 0 Å². The van der Waals surface area contributed by atoms with Crippen molar-refractivity contribution in [2.75, 3.05) is 31.3 Å². The van der Waals surface area contributed by atoms with Crippen molar-refractivity contribution >= 4 is 39.1 Å². The number of carbonyl (C=O) groups excluding carboxylic acids is 2. The zero-order valence-electron chi connectivity index (χ0n) is 23.8. The summed E-state index contributed by atoms with van der Waals surface area (Å²) >= 11 is 6.24. The van der Waals surface area contributed by atoms with Crippen LogP contribution in [0.5, 0.6) is 11.5 Å². The van der Waals surface area contributed by atoms with Crippen LogP contribution in [-0.2, 0) is 32.6 Å². The standard InChI is InChI=1S/C30H36ClN3O6S/c1-21(2)32-30(36)27(17-22-10-7-6-8-11-22)33(19-23-12-9-13-24(31)16-23)29(35)20-34(41(5,37)38)26-18-25(39-3)14-15-28(26)40-4/h6-16,18,21,27H,17,19-20H2,1-5H3,(H,32,36). The molecule has 2 amide bonds. The number of amides is 2. The number of hydrogen-bond acceptors (Lipinski definition) is 6. The van der Waals surface area contributed by atoms with Gasteiger partial charge in [-0.1, -0.05) is 54.1 Å². The number of anilines is 1. The first-order chi connectivity index (χ1) is 19.4. The molecule has 0 saturated heterocycles. The fourth-order valence-electron chi connectivity index (χ4n) is 4.35. The van der Waals surface area contributed by atoms with Gasteiger partial charge >= 0.3 is 0 Å². The first-order valence-electron chi connectivity index (χ1n) is 13.0. The Morgan fingerprint density at radius 2 is 1.61 bits per heavy atom. The number of hydrogen-bond donors (Lipinski definition) is 1. The van der Waals surface area contributed by atoms with E-state index in [9.17, 15) is 18.0 Å². The normalized spacial score (nSPS) is 12.0. The van der Waals surface area contributed by atoms with Gasteiger partial charge in [0.05, 0.1) is 26.2 Å². The minimum absolute atomic E-state index is 0.0231. The summed E-state index contributed by atoms with van der Waals surface area (Å²) in [5.74, 6) is -0.316. The van der Waals surface area contributed by atoms with Crippen LogP contribution in [0.4, 0.5) is 5.69 Å². The van der Waals surface area contributed by atoms with Gasteiger partial charge in [0, 0.05) is 30.1 Å². The molecule has 41 heavy (non-hydrogen) atoms. The van der Waals surface area contributed by atoms with Crippen molar-refractivity contribution in [1.29, 1.82) is 0 Å². The van der Waals surface area contributed by atoms with E-state index in [4.69, 9.17) is 21.1 Å². The highest BCUT2D eigenvalue weighted by Gasteiger charge is 2.34. The van der Waals surface area contributed by atoms with Crippen molar-refractivity contribution in [2.24, 2.45) is 0 Å². The number of ether oxygens (including phenoxy) is 2. The first-order valence-corrected chi connectivity index (χ1v) is 15.2. The fraction of sp³-hybridized carbons (Fsp3) is 0.333. The zero-order chi connectivity index (χ0) is 30.2. The third kappa shape index (κ3) is 8.86. The highest BCUT2D eigenvalue weighted by Crippen LogP contribution is 2.34. The molecule has 220 valence electrons. The summed E-state index contributed by atoms with van der Waals surface area (Å²) in [6.45, 7) is 3.11. The molecular weight excluding hydrogens is 566 g/mol. The molecule has 3 rings (SSSR count). The molecule has 0 saturated carbocycles. The number of nitrogens with zero attached hydrogens (tertiary/aromatic N) is 2. The molecular formula is C30H36ClN3O6S. The van der Waals surface area contributed by atoms with Gasteiger partial charge in [0.2, 0.25) is 21.8 Å². The third-order valence-electron chi connectivity index (χ3n) is 6.28. The van der Waals surface area contributed by atoms with Gasteiger partial charge < -0.3 is 19.7 Å². The van der Waals surface area contributed by atoms with E-state index in [1.165, 1.54) is 25.2 Å². The summed E-state index contributed by atoms with van der Waals surface area (Å²) in [4.78, 5) is 29.2.